The third kappa shape index (κ3) is 4.72. The smallest absolute Gasteiger partial charge is 0.321 e. The average molecular weight is 334 g/mol. The van der Waals surface area contributed by atoms with Gasteiger partial charge in [-0.15, -0.1) is 0 Å². The van der Waals surface area contributed by atoms with Crippen molar-refractivity contribution in [3.63, 3.8) is 0 Å². The van der Waals surface area contributed by atoms with Crippen LogP contribution < -0.4 is 10.6 Å². The SMILES string of the molecule is CCCCNC(=O)NC(=O)CSc1nc2ccccc2n1CC. The van der Waals surface area contributed by atoms with Crippen LogP contribution in [0.3, 0.4) is 0 Å². The fourth-order valence-corrected chi connectivity index (χ4v) is 3.06. The number of unbranched alkanes of at least 4 members (excludes halogenated alkanes) is 1. The van der Waals surface area contributed by atoms with E-state index in [9.17, 15) is 9.59 Å². The van der Waals surface area contributed by atoms with Crippen LogP contribution >= 0.6 is 11.8 Å². The molecule has 0 aliphatic rings. The lowest BCUT2D eigenvalue weighted by atomic mass is 10.3. The standard InChI is InChI=1S/C16H22N4O2S/c1-3-5-10-17-15(22)19-14(21)11-23-16-18-12-8-6-7-9-13(12)20(16)4-2/h6-9H,3-5,10-11H2,1-2H3,(H2,17,19,21,22). The number of carbonyl (C=O) groups is 2. The lowest BCUT2D eigenvalue weighted by Crippen LogP contribution is -2.40. The van der Waals surface area contributed by atoms with Crippen molar-refractivity contribution in [3.8, 4) is 0 Å². The largest absolute Gasteiger partial charge is 0.338 e. The summed E-state index contributed by atoms with van der Waals surface area (Å²) in [5, 5.41) is 5.78. The Kier molecular flexibility index (Phi) is 6.46. The number of rotatable bonds is 7. The van der Waals surface area contributed by atoms with Crippen LogP contribution in [0, 0.1) is 0 Å². The Bertz CT molecular complexity index is 684. The molecular weight excluding hydrogens is 312 g/mol. The maximum Gasteiger partial charge on any atom is 0.321 e. The molecule has 0 atom stereocenters. The first-order valence-corrected chi connectivity index (χ1v) is 8.80. The van der Waals surface area contributed by atoms with E-state index in [-0.39, 0.29) is 11.7 Å². The van der Waals surface area contributed by atoms with E-state index in [0.29, 0.717) is 6.54 Å². The Hall–Kier alpha value is -2.02. The van der Waals surface area contributed by atoms with E-state index in [1.54, 1.807) is 0 Å². The zero-order valence-corrected chi connectivity index (χ0v) is 14.3. The topological polar surface area (TPSA) is 76.0 Å². The number of benzene rings is 1. The highest BCUT2D eigenvalue weighted by molar-refractivity contribution is 7.99. The van der Waals surface area contributed by atoms with Crippen molar-refractivity contribution in [1.29, 1.82) is 0 Å². The van der Waals surface area contributed by atoms with Gasteiger partial charge in [-0.05, 0) is 25.5 Å². The molecule has 2 aromatic rings. The lowest BCUT2D eigenvalue weighted by Gasteiger charge is -2.07. The lowest BCUT2D eigenvalue weighted by molar-refractivity contribution is -0.117. The molecule has 124 valence electrons. The van der Waals surface area contributed by atoms with Crippen LogP contribution in [0.2, 0.25) is 0 Å². The first-order chi connectivity index (χ1) is 11.2. The number of nitrogens with one attached hydrogen (secondary N) is 2. The van der Waals surface area contributed by atoms with Crippen LogP contribution in [-0.2, 0) is 11.3 Å². The third-order valence-corrected chi connectivity index (χ3v) is 4.31. The number of thioether (sulfide) groups is 1. The highest BCUT2D eigenvalue weighted by atomic mass is 32.2. The zero-order chi connectivity index (χ0) is 16.7. The van der Waals surface area contributed by atoms with Crippen molar-refractivity contribution in [2.24, 2.45) is 0 Å². The highest BCUT2D eigenvalue weighted by Crippen LogP contribution is 2.23. The number of hydrogen-bond donors (Lipinski definition) is 2. The maximum absolute atomic E-state index is 11.8. The van der Waals surface area contributed by atoms with E-state index in [2.05, 4.69) is 20.2 Å². The van der Waals surface area contributed by atoms with Crippen LogP contribution in [0.25, 0.3) is 11.0 Å². The van der Waals surface area contributed by atoms with E-state index in [1.165, 1.54) is 11.8 Å². The van der Waals surface area contributed by atoms with Gasteiger partial charge in [0.2, 0.25) is 5.91 Å². The number of hydrogen-bond acceptors (Lipinski definition) is 4. The second-order valence-electron chi connectivity index (χ2n) is 5.07. The van der Waals surface area contributed by atoms with Crippen molar-refractivity contribution >= 4 is 34.7 Å². The summed E-state index contributed by atoms with van der Waals surface area (Å²) in [6.45, 7) is 5.44. The van der Waals surface area contributed by atoms with Gasteiger partial charge in [-0.1, -0.05) is 37.2 Å². The molecular formula is C16H22N4O2S. The summed E-state index contributed by atoms with van der Waals surface area (Å²) in [7, 11) is 0. The summed E-state index contributed by atoms with van der Waals surface area (Å²) in [5.41, 5.74) is 1.96. The van der Waals surface area contributed by atoms with Crippen LogP contribution in [0.4, 0.5) is 4.79 Å². The molecule has 1 aromatic heterocycles. The van der Waals surface area contributed by atoms with E-state index in [0.717, 1.165) is 35.6 Å². The van der Waals surface area contributed by atoms with Gasteiger partial charge in [-0.3, -0.25) is 10.1 Å². The molecule has 0 saturated heterocycles. The van der Waals surface area contributed by atoms with Crippen LogP contribution in [0.5, 0.6) is 0 Å². The molecule has 1 aromatic carbocycles. The number of urea groups is 1. The second kappa shape index (κ2) is 8.57. The molecule has 3 amide bonds. The van der Waals surface area contributed by atoms with Gasteiger partial charge in [0, 0.05) is 13.1 Å². The number of carbonyl (C=O) groups excluding carboxylic acids is 2. The number of aromatic nitrogens is 2. The number of para-hydroxylation sites is 2. The van der Waals surface area contributed by atoms with Crippen molar-refractivity contribution < 1.29 is 9.59 Å². The fourth-order valence-electron chi connectivity index (χ4n) is 2.18. The second-order valence-corrected chi connectivity index (χ2v) is 6.02. The summed E-state index contributed by atoms with van der Waals surface area (Å²) in [6.07, 6.45) is 1.90. The molecule has 2 N–H and O–H groups in total. The fraction of sp³-hybridized carbons (Fsp3) is 0.438. The molecule has 6 nitrogen and oxygen atoms in total. The summed E-state index contributed by atoms with van der Waals surface area (Å²) in [4.78, 5) is 27.9. The molecule has 1 heterocycles. The summed E-state index contributed by atoms with van der Waals surface area (Å²) < 4.78 is 2.06. The summed E-state index contributed by atoms with van der Waals surface area (Å²) in [6, 6.07) is 7.44. The molecule has 0 spiro atoms. The minimum absolute atomic E-state index is 0.157. The van der Waals surface area contributed by atoms with Crippen molar-refractivity contribution in [3.05, 3.63) is 24.3 Å². The molecule has 0 aliphatic heterocycles. The van der Waals surface area contributed by atoms with E-state index < -0.39 is 6.03 Å². The van der Waals surface area contributed by atoms with E-state index in [1.807, 2.05) is 38.1 Å². The van der Waals surface area contributed by atoms with Crippen LogP contribution in [-0.4, -0.2) is 33.8 Å². The van der Waals surface area contributed by atoms with Crippen molar-refractivity contribution in [2.75, 3.05) is 12.3 Å². The molecule has 0 saturated carbocycles. The van der Waals surface area contributed by atoms with Gasteiger partial charge in [0.25, 0.3) is 0 Å². The van der Waals surface area contributed by atoms with Gasteiger partial charge in [0.05, 0.1) is 16.8 Å². The molecule has 23 heavy (non-hydrogen) atoms. The maximum atomic E-state index is 11.8. The van der Waals surface area contributed by atoms with Crippen LogP contribution in [0.15, 0.2) is 29.4 Å². The van der Waals surface area contributed by atoms with Gasteiger partial charge < -0.3 is 9.88 Å². The number of aryl methyl sites for hydroxylation is 1. The molecule has 0 bridgehead atoms. The average Bonchev–Trinajstić information content (AvgIpc) is 2.90. The first-order valence-electron chi connectivity index (χ1n) is 7.81. The van der Waals surface area contributed by atoms with Crippen molar-refractivity contribution in [2.45, 2.75) is 38.4 Å². The minimum atomic E-state index is -0.437. The Balaban J connectivity index is 1.90. The quantitative estimate of drug-likeness (QED) is 0.603. The van der Waals surface area contributed by atoms with Gasteiger partial charge in [0.15, 0.2) is 5.16 Å². The minimum Gasteiger partial charge on any atom is -0.338 e. The monoisotopic (exact) mass is 334 g/mol. The molecule has 0 radical (unpaired) electrons. The first kappa shape index (κ1) is 17.3. The molecule has 7 heteroatoms. The molecule has 2 rings (SSSR count). The van der Waals surface area contributed by atoms with Gasteiger partial charge >= 0.3 is 6.03 Å². The number of nitrogens with zero attached hydrogens (tertiary/aromatic N) is 2. The van der Waals surface area contributed by atoms with E-state index >= 15 is 0 Å². The summed E-state index contributed by atoms with van der Waals surface area (Å²) in [5.74, 6) is -0.163. The Morgan fingerprint density at radius 1 is 1.26 bits per heavy atom. The normalized spacial score (nSPS) is 10.7. The van der Waals surface area contributed by atoms with Gasteiger partial charge in [0.1, 0.15) is 0 Å². The predicted molar refractivity (Wildman–Crippen MR) is 92.6 cm³/mol. The van der Waals surface area contributed by atoms with E-state index in [4.69, 9.17) is 0 Å². The Morgan fingerprint density at radius 2 is 2.04 bits per heavy atom. The predicted octanol–water partition coefficient (Wildman–Crippen LogP) is 2.77. The number of amides is 3. The van der Waals surface area contributed by atoms with Gasteiger partial charge in [-0.2, -0.15) is 0 Å². The molecule has 0 aliphatic carbocycles. The van der Waals surface area contributed by atoms with Crippen LogP contribution in [0.1, 0.15) is 26.7 Å². The molecule has 0 unspecified atom stereocenters. The number of imide groups is 1. The molecule has 0 fully saturated rings. The third-order valence-electron chi connectivity index (χ3n) is 3.34. The number of imidazole rings is 1. The highest BCUT2D eigenvalue weighted by Gasteiger charge is 2.13. The Labute approximate surface area is 140 Å². The summed E-state index contributed by atoms with van der Waals surface area (Å²) >= 11 is 1.34. The Morgan fingerprint density at radius 3 is 2.78 bits per heavy atom. The number of fused-ring (bicyclic) bond motifs is 1. The van der Waals surface area contributed by atoms with Gasteiger partial charge in [-0.25, -0.2) is 9.78 Å². The van der Waals surface area contributed by atoms with Crippen molar-refractivity contribution in [1.82, 2.24) is 20.2 Å². The zero-order valence-electron chi connectivity index (χ0n) is 13.5.